The zero-order valence-corrected chi connectivity index (χ0v) is 13.2. The summed E-state index contributed by atoms with van der Waals surface area (Å²) in [7, 11) is 0. The average molecular weight is 339 g/mol. The van der Waals surface area contributed by atoms with E-state index in [0.717, 1.165) is 13.1 Å². The van der Waals surface area contributed by atoms with Crippen molar-refractivity contribution >= 4 is 11.7 Å². The van der Waals surface area contributed by atoms with Crippen LogP contribution in [-0.2, 0) is 16.0 Å². The Balaban J connectivity index is 1.97. The molecule has 0 radical (unpaired) electrons. The van der Waals surface area contributed by atoms with Crippen LogP contribution in [0, 0.1) is 10.1 Å². The van der Waals surface area contributed by atoms with Gasteiger partial charge in [-0.1, -0.05) is 0 Å². The van der Waals surface area contributed by atoms with E-state index in [9.17, 15) is 14.9 Å². The third-order valence-electron chi connectivity index (χ3n) is 3.79. The molecule has 0 bridgehead atoms. The van der Waals surface area contributed by atoms with Gasteiger partial charge in [-0.25, -0.2) is 0 Å². The molecule has 132 valence electrons. The number of hydrogen-bond donors (Lipinski definition) is 2. The number of aliphatic carboxylic acids is 1. The van der Waals surface area contributed by atoms with Gasteiger partial charge in [-0.05, 0) is 12.1 Å². The van der Waals surface area contributed by atoms with Crippen LogP contribution in [-0.4, -0.2) is 66.4 Å². The van der Waals surface area contributed by atoms with Crippen molar-refractivity contribution in [3.8, 4) is 5.75 Å². The van der Waals surface area contributed by atoms with Gasteiger partial charge in [0.2, 0.25) is 0 Å². The van der Waals surface area contributed by atoms with Gasteiger partial charge in [0.05, 0.1) is 24.2 Å². The van der Waals surface area contributed by atoms with Crippen LogP contribution < -0.4 is 10.5 Å². The van der Waals surface area contributed by atoms with Gasteiger partial charge >= 0.3 is 5.97 Å². The van der Waals surface area contributed by atoms with Gasteiger partial charge in [0.15, 0.2) is 0 Å². The van der Waals surface area contributed by atoms with Crippen molar-refractivity contribution in [1.29, 1.82) is 0 Å². The van der Waals surface area contributed by atoms with E-state index >= 15 is 0 Å². The Hall–Kier alpha value is -2.23. The highest BCUT2D eigenvalue weighted by atomic mass is 16.6. The van der Waals surface area contributed by atoms with Crippen molar-refractivity contribution in [3.63, 3.8) is 0 Å². The van der Waals surface area contributed by atoms with Gasteiger partial charge in [0, 0.05) is 31.6 Å². The van der Waals surface area contributed by atoms with Crippen LogP contribution in [0.5, 0.6) is 5.75 Å². The van der Waals surface area contributed by atoms with Crippen LogP contribution in [0.2, 0.25) is 0 Å². The first-order valence-electron chi connectivity index (χ1n) is 7.66. The maximum atomic E-state index is 11.2. The number of nitro groups is 1. The first-order chi connectivity index (χ1) is 11.5. The van der Waals surface area contributed by atoms with Crippen molar-refractivity contribution < 1.29 is 24.3 Å². The first kappa shape index (κ1) is 18.1. The molecule has 1 atom stereocenters. The second-order valence-corrected chi connectivity index (χ2v) is 5.50. The number of morpholine rings is 1. The Morgan fingerprint density at radius 2 is 2.17 bits per heavy atom. The van der Waals surface area contributed by atoms with E-state index in [4.69, 9.17) is 20.3 Å². The largest absolute Gasteiger partial charge is 0.492 e. The van der Waals surface area contributed by atoms with Gasteiger partial charge < -0.3 is 20.3 Å². The van der Waals surface area contributed by atoms with Gasteiger partial charge in [-0.15, -0.1) is 0 Å². The standard InChI is InChI=1S/C15H21N3O6/c16-13(15(19)20)9-11-1-2-12(10-14(11)18(21)22)24-8-5-17-3-6-23-7-4-17/h1-2,10,13H,3-9,16H2,(H,19,20)/t13-/m0/s1. The zero-order valence-electron chi connectivity index (χ0n) is 13.2. The Morgan fingerprint density at radius 1 is 1.46 bits per heavy atom. The van der Waals surface area contributed by atoms with Crippen molar-refractivity contribution in [1.82, 2.24) is 4.90 Å². The Bertz CT molecular complexity index is 589. The smallest absolute Gasteiger partial charge is 0.320 e. The molecule has 0 aliphatic carbocycles. The molecule has 1 saturated heterocycles. The molecule has 24 heavy (non-hydrogen) atoms. The van der Waals surface area contributed by atoms with E-state index in [2.05, 4.69) is 4.90 Å². The summed E-state index contributed by atoms with van der Waals surface area (Å²) in [5.41, 5.74) is 5.54. The van der Waals surface area contributed by atoms with Crippen LogP contribution in [0.25, 0.3) is 0 Å². The summed E-state index contributed by atoms with van der Waals surface area (Å²) in [4.78, 5) is 23.6. The number of ether oxygens (including phenoxy) is 2. The Morgan fingerprint density at radius 3 is 2.79 bits per heavy atom. The molecule has 9 heteroatoms. The molecule has 1 fully saturated rings. The van der Waals surface area contributed by atoms with Gasteiger partial charge in [0.25, 0.3) is 5.69 Å². The van der Waals surface area contributed by atoms with E-state index < -0.39 is 16.9 Å². The monoisotopic (exact) mass is 339 g/mol. The second kappa shape index (κ2) is 8.57. The van der Waals surface area contributed by atoms with E-state index in [1.54, 1.807) is 6.07 Å². The minimum atomic E-state index is -1.20. The lowest BCUT2D eigenvalue weighted by molar-refractivity contribution is -0.385. The lowest BCUT2D eigenvalue weighted by Gasteiger charge is -2.26. The predicted molar refractivity (Wildman–Crippen MR) is 85.2 cm³/mol. The molecule has 0 spiro atoms. The predicted octanol–water partition coefficient (Wildman–Crippen LogP) is 0.260. The number of nitrogens with two attached hydrogens (primary N) is 1. The van der Waals surface area contributed by atoms with Gasteiger partial charge in [0.1, 0.15) is 18.4 Å². The van der Waals surface area contributed by atoms with E-state index in [1.165, 1.54) is 12.1 Å². The molecule has 0 saturated carbocycles. The topological polar surface area (TPSA) is 128 Å². The normalized spacial score (nSPS) is 16.5. The molecular formula is C15H21N3O6. The van der Waals surface area contributed by atoms with Crippen LogP contribution in [0.3, 0.4) is 0 Å². The molecule has 1 heterocycles. The van der Waals surface area contributed by atoms with E-state index in [-0.39, 0.29) is 17.7 Å². The van der Waals surface area contributed by atoms with Crippen LogP contribution in [0.4, 0.5) is 5.69 Å². The molecule has 9 nitrogen and oxygen atoms in total. The summed E-state index contributed by atoms with van der Waals surface area (Å²) >= 11 is 0. The highest BCUT2D eigenvalue weighted by molar-refractivity contribution is 5.73. The summed E-state index contributed by atoms with van der Waals surface area (Å²) in [5.74, 6) is -0.822. The molecule has 2 rings (SSSR count). The minimum Gasteiger partial charge on any atom is -0.492 e. The summed E-state index contributed by atoms with van der Waals surface area (Å²) in [6.07, 6.45) is -0.111. The molecule has 1 aliphatic rings. The Kier molecular flexibility index (Phi) is 6.47. The number of rotatable bonds is 8. The fraction of sp³-hybridized carbons (Fsp3) is 0.533. The zero-order chi connectivity index (χ0) is 17.5. The molecule has 1 aliphatic heterocycles. The number of carboxylic acid groups (broad SMARTS) is 1. The van der Waals surface area contributed by atoms with Gasteiger partial charge in [-0.3, -0.25) is 19.8 Å². The third kappa shape index (κ3) is 5.15. The summed E-state index contributed by atoms with van der Waals surface area (Å²) in [6, 6.07) is 3.21. The summed E-state index contributed by atoms with van der Waals surface area (Å²) < 4.78 is 10.8. The molecule has 1 aromatic carbocycles. The fourth-order valence-corrected chi connectivity index (χ4v) is 2.42. The van der Waals surface area contributed by atoms with Crippen LogP contribution >= 0.6 is 0 Å². The third-order valence-corrected chi connectivity index (χ3v) is 3.79. The first-order valence-corrected chi connectivity index (χ1v) is 7.66. The van der Waals surface area contributed by atoms with Crippen molar-refractivity contribution in [2.45, 2.75) is 12.5 Å². The number of hydrogen-bond acceptors (Lipinski definition) is 7. The SMILES string of the molecule is N[C@@H](Cc1ccc(OCCN2CCOCC2)cc1[N+](=O)[O-])C(=O)O. The van der Waals surface area contributed by atoms with Crippen LogP contribution in [0.15, 0.2) is 18.2 Å². The molecular weight excluding hydrogens is 318 g/mol. The minimum absolute atomic E-state index is 0.111. The quantitative estimate of drug-likeness (QED) is 0.510. The van der Waals surface area contributed by atoms with E-state index in [1.807, 2.05) is 0 Å². The number of nitrogens with zero attached hydrogens (tertiary/aromatic N) is 2. The summed E-state index contributed by atoms with van der Waals surface area (Å²) in [5, 5.41) is 20.0. The summed E-state index contributed by atoms with van der Waals surface area (Å²) in [6.45, 7) is 4.20. The molecule has 0 aromatic heterocycles. The lowest BCUT2D eigenvalue weighted by Crippen LogP contribution is -2.38. The number of carbonyl (C=O) groups is 1. The molecule has 0 amide bonds. The van der Waals surface area contributed by atoms with Crippen molar-refractivity contribution in [2.75, 3.05) is 39.5 Å². The maximum absolute atomic E-state index is 11.2. The van der Waals surface area contributed by atoms with Crippen molar-refractivity contribution in [3.05, 3.63) is 33.9 Å². The molecule has 3 N–H and O–H groups in total. The molecule has 0 unspecified atom stereocenters. The lowest BCUT2D eigenvalue weighted by atomic mass is 10.0. The van der Waals surface area contributed by atoms with E-state index in [0.29, 0.717) is 32.1 Å². The fourth-order valence-electron chi connectivity index (χ4n) is 2.42. The number of carboxylic acids is 1. The number of nitro benzene ring substituents is 1. The number of benzene rings is 1. The maximum Gasteiger partial charge on any atom is 0.320 e. The molecule has 1 aromatic rings. The van der Waals surface area contributed by atoms with Crippen LogP contribution in [0.1, 0.15) is 5.56 Å². The Labute approximate surface area is 139 Å². The second-order valence-electron chi connectivity index (χ2n) is 5.50. The van der Waals surface area contributed by atoms with Gasteiger partial charge in [-0.2, -0.15) is 0 Å². The highest BCUT2D eigenvalue weighted by Crippen LogP contribution is 2.25. The van der Waals surface area contributed by atoms with Crippen molar-refractivity contribution in [2.24, 2.45) is 5.73 Å². The average Bonchev–Trinajstić information content (AvgIpc) is 2.56. The highest BCUT2D eigenvalue weighted by Gasteiger charge is 2.21.